The maximum atomic E-state index is 12.0. The summed E-state index contributed by atoms with van der Waals surface area (Å²) in [6.45, 7) is 1.90. The van der Waals surface area contributed by atoms with E-state index in [1.807, 2.05) is 31.2 Å². The van der Waals surface area contributed by atoms with Crippen LogP contribution in [0.2, 0.25) is 5.02 Å². The fraction of sp³-hybridized carbons (Fsp3) is 0.0714. The van der Waals surface area contributed by atoms with Gasteiger partial charge in [0, 0.05) is 17.0 Å². The zero-order valence-corrected chi connectivity index (χ0v) is 12.6. The highest BCUT2D eigenvalue weighted by molar-refractivity contribution is 8.14. The fourth-order valence-electron chi connectivity index (χ4n) is 1.63. The Hall–Kier alpha value is -2.05. The van der Waals surface area contributed by atoms with Crippen LogP contribution in [0.4, 0.5) is 16.2 Å². The molecule has 0 spiro atoms. The molecular formula is C14H11ClN2O3S. The van der Waals surface area contributed by atoms with Gasteiger partial charge in [0.05, 0.1) is 15.6 Å². The number of hydrogen-bond acceptors (Lipinski definition) is 4. The number of nitrogens with zero attached hydrogens (tertiary/aromatic N) is 1. The molecule has 108 valence electrons. The largest absolute Gasteiger partial charge is 0.315 e. The summed E-state index contributed by atoms with van der Waals surface area (Å²) in [5, 5.41) is 13.2. The second-order valence-electron chi connectivity index (χ2n) is 4.20. The number of anilines is 1. The van der Waals surface area contributed by atoms with Gasteiger partial charge in [-0.05, 0) is 36.4 Å². The number of amides is 1. The highest BCUT2D eigenvalue weighted by Gasteiger charge is 2.13. The summed E-state index contributed by atoms with van der Waals surface area (Å²) in [6, 6.07) is 11.3. The molecule has 0 unspecified atom stereocenters. The van der Waals surface area contributed by atoms with E-state index in [-0.39, 0.29) is 21.6 Å². The quantitative estimate of drug-likeness (QED) is 0.496. The number of hydrogen-bond donors (Lipinski definition) is 1. The Labute approximate surface area is 130 Å². The van der Waals surface area contributed by atoms with Crippen molar-refractivity contribution in [3.8, 4) is 0 Å². The third-order valence-electron chi connectivity index (χ3n) is 2.69. The lowest BCUT2D eigenvalue weighted by Crippen LogP contribution is -2.06. The molecule has 1 N–H and O–H groups in total. The van der Waals surface area contributed by atoms with Crippen LogP contribution in [-0.2, 0) is 0 Å². The summed E-state index contributed by atoms with van der Waals surface area (Å²) in [5.41, 5.74) is 1.07. The fourth-order valence-corrected chi connectivity index (χ4v) is 2.53. The lowest BCUT2D eigenvalue weighted by Gasteiger charge is -2.08. The molecule has 2 aromatic rings. The average Bonchev–Trinajstić information content (AvgIpc) is 2.43. The molecule has 0 atom stereocenters. The molecule has 1 amide bonds. The van der Waals surface area contributed by atoms with Crippen molar-refractivity contribution in [1.29, 1.82) is 0 Å². The second kappa shape index (κ2) is 6.60. The number of nitro benzene ring substituents is 1. The molecule has 0 bridgehead atoms. The second-order valence-corrected chi connectivity index (χ2v) is 5.62. The molecule has 0 fully saturated rings. The summed E-state index contributed by atoms with van der Waals surface area (Å²) >= 11 is 6.94. The van der Waals surface area contributed by atoms with E-state index in [1.165, 1.54) is 18.2 Å². The van der Waals surface area contributed by atoms with Gasteiger partial charge in [-0.15, -0.1) is 0 Å². The number of benzene rings is 2. The normalized spacial score (nSPS) is 10.2. The first-order chi connectivity index (χ1) is 9.97. The molecule has 0 saturated carbocycles. The van der Waals surface area contributed by atoms with Crippen LogP contribution in [0.5, 0.6) is 0 Å². The Morgan fingerprint density at radius 1 is 1.29 bits per heavy atom. The van der Waals surface area contributed by atoms with Crippen LogP contribution in [0.15, 0.2) is 47.4 Å². The first kappa shape index (κ1) is 15.3. The summed E-state index contributed by atoms with van der Waals surface area (Å²) < 4.78 is 0. The minimum atomic E-state index is -0.541. The van der Waals surface area contributed by atoms with Gasteiger partial charge in [-0.3, -0.25) is 14.9 Å². The Morgan fingerprint density at radius 3 is 2.67 bits per heavy atom. The third-order valence-corrected chi connectivity index (χ3v) is 3.99. The van der Waals surface area contributed by atoms with Crippen LogP contribution in [0.25, 0.3) is 0 Å². The number of thioether (sulfide) groups is 1. The van der Waals surface area contributed by atoms with E-state index in [9.17, 15) is 14.9 Å². The Kier molecular flexibility index (Phi) is 4.82. The number of nitro groups is 1. The van der Waals surface area contributed by atoms with Crippen molar-refractivity contribution in [1.82, 2.24) is 0 Å². The van der Waals surface area contributed by atoms with E-state index in [0.29, 0.717) is 0 Å². The van der Waals surface area contributed by atoms with Crippen LogP contribution in [-0.4, -0.2) is 10.2 Å². The minimum absolute atomic E-state index is 0.129. The van der Waals surface area contributed by atoms with Gasteiger partial charge in [0.15, 0.2) is 0 Å². The number of halogens is 1. The number of carbonyl (C=O) groups excluding carboxylic acids is 1. The van der Waals surface area contributed by atoms with E-state index in [1.54, 1.807) is 0 Å². The molecule has 0 aliphatic carbocycles. The van der Waals surface area contributed by atoms with Gasteiger partial charge < -0.3 is 5.32 Å². The van der Waals surface area contributed by atoms with Crippen molar-refractivity contribution < 1.29 is 9.72 Å². The van der Waals surface area contributed by atoms with Crippen molar-refractivity contribution >= 4 is 40.0 Å². The minimum Gasteiger partial charge on any atom is -0.315 e. The lowest BCUT2D eigenvalue weighted by atomic mass is 10.2. The van der Waals surface area contributed by atoms with Crippen LogP contribution in [0, 0.1) is 17.0 Å². The van der Waals surface area contributed by atoms with Crippen LogP contribution in [0.1, 0.15) is 5.56 Å². The number of rotatable bonds is 3. The Bertz CT molecular complexity index is 706. The van der Waals surface area contributed by atoms with Gasteiger partial charge in [0.2, 0.25) is 0 Å². The predicted molar refractivity (Wildman–Crippen MR) is 84.2 cm³/mol. The smallest absolute Gasteiger partial charge is 0.288 e. The SMILES string of the molecule is Cc1ccccc1SC(=O)Nc1cc([N+](=O)[O-])ccc1Cl. The van der Waals surface area contributed by atoms with Gasteiger partial charge in [0.1, 0.15) is 0 Å². The molecule has 0 aromatic heterocycles. The van der Waals surface area contributed by atoms with Crippen LogP contribution in [0.3, 0.4) is 0 Å². The van der Waals surface area contributed by atoms with Gasteiger partial charge in [-0.25, -0.2) is 0 Å². The predicted octanol–water partition coefficient (Wildman–Crippen LogP) is 4.88. The Morgan fingerprint density at radius 2 is 2.00 bits per heavy atom. The monoisotopic (exact) mass is 322 g/mol. The summed E-state index contributed by atoms with van der Waals surface area (Å²) in [6.07, 6.45) is 0. The lowest BCUT2D eigenvalue weighted by molar-refractivity contribution is -0.384. The molecule has 2 aromatic carbocycles. The summed E-state index contributed by atoms with van der Waals surface area (Å²) in [7, 11) is 0. The van der Waals surface area contributed by atoms with Gasteiger partial charge >= 0.3 is 0 Å². The maximum absolute atomic E-state index is 12.0. The highest BCUT2D eigenvalue weighted by Crippen LogP contribution is 2.29. The highest BCUT2D eigenvalue weighted by atomic mass is 35.5. The number of non-ortho nitro benzene ring substituents is 1. The molecule has 5 nitrogen and oxygen atoms in total. The summed E-state index contributed by atoms with van der Waals surface area (Å²) in [5.74, 6) is 0. The van der Waals surface area contributed by atoms with Crippen molar-refractivity contribution in [3.63, 3.8) is 0 Å². The van der Waals surface area contributed by atoms with Crippen molar-refractivity contribution in [3.05, 3.63) is 63.2 Å². The zero-order chi connectivity index (χ0) is 15.4. The average molecular weight is 323 g/mol. The third kappa shape index (κ3) is 3.96. The first-order valence-corrected chi connectivity index (χ1v) is 7.15. The topological polar surface area (TPSA) is 72.2 Å². The summed E-state index contributed by atoms with van der Waals surface area (Å²) in [4.78, 5) is 23.0. The van der Waals surface area contributed by atoms with Crippen molar-refractivity contribution in [2.24, 2.45) is 0 Å². The standard InChI is InChI=1S/C14H11ClN2O3S/c1-9-4-2-3-5-13(9)21-14(18)16-12-8-10(17(19)20)6-7-11(12)15/h2-8H,1H3,(H,16,18). The molecule has 0 saturated heterocycles. The molecule has 21 heavy (non-hydrogen) atoms. The van der Waals surface area contributed by atoms with E-state index in [0.717, 1.165) is 22.2 Å². The van der Waals surface area contributed by atoms with E-state index >= 15 is 0 Å². The van der Waals surface area contributed by atoms with Gasteiger partial charge in [0.25, 0.3) is 10.9 Å². The van der Waals surface area contributed by atoms with E-state index < -0.39 is 4.92 Å². The molecule has 0 aliphatic rings. The first-order valence-electron chi connectivity index (χ1n) is 5.96. The van der Waals surface area contributed by atoms with Crippen molar-refractivity contribution in [2.75, 3.05) is 5.32 Å². The van der Waals surface area contributed by atoms with Gasteiger partial charge in [-0.1, -0.05) is 29.8 Å². The molecule has 0 radical (unpaired) electrons. The molecule has 0 heterocycles. The van der Waals surface area contributed by atoms with Crippen LogP contribution >= 0.6 is 23.4 Å². The van der Waals surface area contributed by atoms with Gasteiger partial charge in [-0.2, -0.15) is 0 Å². The Balaban J connectivity index is 2.15. The van der Waals surface area contributed by atoms with E-state index in [4.69, 9.17) is 11.6 Å². The molecule has 0 aliphatic heterocycles. The maximum Gasteiger partial charge on any atom is 0.288 e. The molecule has 2 rings (SSSR count). The van der Waals surface area contributed by atoms with Crippen molar-refractivity contribution in [2.45, 2.75) is 11.8 Å². The number of aryl methyl sites for hydroxylation is 1. The van der Waals surface area contributed by atoms with E-state index in [2.05, 4.69) is 5.32 Å². The molecular weight excluding hydrogens is 312 g/mol. The number of carbonyl (C=O) groups is 1. The van der Waals surface area contributed by atoms with Crippen LogP contribution < -0.4 is 5.32 Å². The zero-order valence-electron chi connectivity index (χ0n) is 11.0. The molecule has 7 heteroatoms. The number of nitrogens with one attached hydrogen (secondary N) is 1.